The van der Waals surface area contributed by atoms with Crippen LogP contribution in [0.25, 0.3) is 0 Å². The van der Waals surface area contributed by atoms with E-state index in [9.17, 15) is 18.8 Å². The Balaban J connectivity index is 2.19. The summed E-state index contributed by atoms with van der Waals surface area (Å²) < 4.78 is 22.5. The first kappa shape index (κ1) is 19.6. The maximum Gasteiger partial charge on any atom is 0.328 e. The van der Waals surface area contributed by atoms with Gasteiger partial charge in [0.2, 0.25) is 11.8 Å². The number of carbonyl (C=O) groups is 3. The molecule has 0 saturated heterocycles. The molecule has 1 aromatic rings. The third-order valence-corrected chi connectivity index (χ3v) is 2.89. The van der Waals surface area contributed by atoms with Gasteiger partial charge < -0.3 is 20.1 Å². The lowest BCUT2D eigenvalue weighted by atomic mass is 10.2. The molecule has 0 aliphatic rings. The molecule has 2 amide bonds. The summed E-state index contributed by atoms with van der Waals surface area (Å²) in [5.41, 5.74) is 0.741. The Kier molecular flexibility index (Phi) is 8.42. The average molecular weight is 340 g/mol. The summed E-state index contributed by atoms with van der Waals surface area (Å²) in [5, 5.41) is 4.97. The quantitative estimate of drug-likeness (QED) is 0.640. The number of benzene rings is 1. The van der Waals surface area contributed by atoms with Gasteiger partial charge in [-0.3, -0.25) is 9.59 Å². The van der Waals surface area contributed by atoms with Crippen LogP contribution in [-0.2, 0) is 30.4 Å². The van der Waals surface area contributed by atoms with Crippen molar-refractivity contribution in [2.45, 2.75) is 26.4 Å². The lowest BCUT2D eigenvalue weighted by Crippen LogP contribution is -2.41. The van der Waals surface area contributed by atoms with E-state index < -0.39 is 23.8 Å². The lowest BCUT2D eigenvalue weighted by Gasteiger charge is -2.12. The van der Waals surface area contributed by atoms with Gasteiger partial charge in [0.15, 0.2) is 0 Å². The zero-order valence-corrected chi connectivity index (χ0v) is 13.6. The number of hydrogen-bond acceptors (Lipinski definition) is 5. The predicted octanol–water partition coefficient (Wildman–Crippen LogP) is 0.526. The fraction of sp³-hybridized carbons (Fsp3) is 0.438. The first-order chi connectivity index (χ1) is 11.4. The van der Waals surface area contributed by atoms with Crippen LogP contribution in [0.15, 0.2) is 24.3 Å². The molecule has 132 valence electrons. The maximum atomic E-state index is 12.7. The third-order valence-electron chi connectivity index (χ3n) is 2.89. The van der Waals surface area contributed by atoms with Crippen molar-refractivity contribution in [3.63, 3.8) is 0 Å². The minimum Gasteiger partial charge on any atom is -0.464 e. The van der Waals surface area contributed by atoms with Gasteiger partial charge in [-0.2, -0.15) is 0 Å². The smallest absolute Gasteiger partial charge is 0.328 e. The van der Waals surface area contributed by atoms with Gasteiger partial charge in [0.05, 0.1) is 6.61 Å². The summed E-state index contributed by atoms with van der Waals surface area (Å²) in [6.07, 6.45) is 0. The molecule has 0 spiro atoms. The zero-order valence-electron chi connectivity index (χ0n) is 13.6. The fourth-order valence-corrected chi connectivity index (χ4v) is 1.70. The summed E-state index contributed by atoms with van der Waals surface area (Å²) in [6, 6.07) is 4.93. The number of amides is 2. The monoisotopic (exact) mass is 340 g/mol. The molecule has 0 bridgehead atoms. The minimum absolute atomic E-state index is 0.226. The Bertz CT molecular complexity index is 562. The van der Waals surface area contributed by atoms with Crippen LogP contribution >= 0.6 is 0 Å². The first-order valence-corrected chi connectivity index (χ1v) is 7.47. The molecule has 0 fully saturated rings. The van der Waals surface area contributed by atoms with Crippen molar-refractivity contribution in [2.75, 3.05) is 19.8 Å². The summed E-state index contributed by atoms with van der Waals surface area (Å²) in [4.78, 5) is 34.4. The largest absolute Gasteiger partial charge is 0.464 e. The van der Waals surface area contributed by atoms with Gasteiger partial charge in [0, 0.05) is 6.54 Å². The molecule has 0 aliphatic carbocycles. The Hall–Kier alpha value is -2.48. The Labute approximate surface area is 139 Å². The molecule has 2 N–H and O–H groups in total. The second kappa shape index (κ2) is 10.3. The number of ether oxygens (including phenoxy) is 2. The Morgan fingerprint density at radius 1 is 1.12 bits per heavy atom. The van der Waals surface area contributed by atoms with Crippen molar-refractivity contribution in [3.05, 3.63) is 35.6 Å². The van der Waals surface area contributed by atoms with Crippen LogP contribution in [0.4, 0.5) is 4.39 Å². The second-order valence-electron chi connectivity index (χ2n) is 4.94. The molecular formula is C16H21FN2O5. The molecule has 1 rings (SSSR count). The number of hydrogen-bond donors (Lipinski definition) is 2. The molecule has 1 atom stereocenters. The van der Waals surface area contributed by atoms with Gasteiger partial charge in [-0.25, -0.2) is 9.18 Å². The Morgan fingerprint density at radius 2 is 1.75 bits per heavy atom. The first-order valence-electron chi connectivity index (χ1n) is 7.47. The van der Waals surface area contributed by atoms with Crippen LogP contribution < -0.4 is 10.6 Å². The number of halogens is 1. The molecular weight excluding hydrogens is 319 g/mol. The fourth-order valence-electron chi connectivity index (χ4n) is 1.70. The number of carbonyl (C=O) groups excluding carboxylic acids is 3. The highest BCUT2D eigenvalue weighted by Crippen LogP contribution is 2.01. The second-order valence-corrected chi connectivity index (χ2v) is 4.94. The maximum absolute atomic E-state index is 12.7. The van der Waals surface area contributed by atoms with Crippen molar-refractivity contribution in [2.24, 2.45) is 0 Å². The zero-order chi connectivity index (χ0) is 17.9. The topological polar surface area (TPSA) is 93.7 Å². The minimum atomic E-state index is -0.784. The highest BCUT2D eigenvalue weighted by Gasteiger charge is 2.16. The molecule has 8 heteroatoms. The molecule has 1 aromatic carbocycles. The normalized spacial score (nSPS) is 11.5. The van der Waals surface area contributed by atoms with Crippen LogP contribution in [-0.4, -0.2) is 43.6 Å². The van der Waals surface area contributed by atoms with Crippen LogP contribution in [0.2, 0.25) is 0 Å². The SMILES string of the molecule is CCOC(=O)C(C)NC(=O)COCC(=O)NCc1ccc(F)cc1. The van der Waals surface area contributed by atoms with Crippen molar-refractivity contribution in [1.82, 2.24) is 10.6 Å². The van der Waals surface area contributed by atoms with Gasteiger partial charge in [-0.15, -0.1) is 0 Å². The molecule has 1 unspecified atom stereocenters. The standard InChI is InChI=1S/C16H21FN2O5/c1-3-24-16(22)11(2)19-15(21)10-23-9-14(20)18-8-12-4-6-13(17)7-5-12/h4-7,11H,3,8-10H2,1-2H3,(H,18,20)(H,19,21). The molecule has 0 radical (unpaired) electrons. The van der Waals surface area contributed by atoms with Gasteiger partial charge in [-0.1, -0.05) is 12.1 Å². The van der Waals surface area contributed by atoms with Crippen molar-refractivity contribution >= 4 is 17.8 Å². The van der Waals surface area contributed by atoms with E-state index in [1.54, 1.807) is 19.1 Å². The van der Waals surface area contributed by atoms with Crippen molar-refractivity contribution < 1.29 is 28.2 Å². The predicted molar refractivity (Wildman–Crippen MR) is 83.3 cm³/mol. The highest BCUT2D eigenvalue weighted by atomic mass is 19.1. The summed E-state index contributed by atoms with van der Waals surface area (Å²) in [6.45, 7) is 2.96. The van der Waals surface area contributed by atoms with E-state index in [-0.39, 0.29) is 32.2 Å². The van der Waals surface area contributed by atoms with Gasteiger partial charge in [0.25, 0.3) is 0 Å². The van der Waals surface area contributed by atoms with Crippen molar-refractivity contribution in [1.29, 1.82) is 0 Å². The summed E-state index contributed by atoms with van der Waals surface area (Å²) in [7, 11) is 0. The van der Waals surface area contributed by atoms with Gasteiger partial charge in [0.1, 0.15) is 25.1 Å². The molecule has 7 nitrogen and oxygen atoms in total. The molecule has 0 heterocycles. The molecule has 0 aliphatic heterocycles. The summed E-state index contributed by atoms with van der Waals surface area (Å²) in [5.74, 6) is -1.83. The molecule has 0 saturated carbocycles. The van der Waals surface area contributed by atoms with E-state index in [2.05, 4.69) is 10.6 Å². The van der Waals surface area contributed by atoms with E-state index in [0.29, 0.717) is 0 Å². The van der Waals surface area contributed by atoms with Crippen LogP contribution in [0.1, 0.15) is 19.4 Å². The molecule has 0 aromatic heterocycles. The van der Waals surface area contributed by atoms with Crippen molar-refractivity contribution in [3.8, 4) is 0 Å². The average Bonchev–Trinajstić information content (AvgIpc) is 2.54. The highest BCUT2D eigenvalue weighted by molar-refractivity contribution is 5.85. The van der Waals surface area contributed by atoms with Gasteiger partial charge in [-0.05, 0) is 31.5 Å². The summed E-state index contributed by atoms with van der Waals surface area (Å²) >= 11 is 0. The lowest BCUT2D eigenvalue weighted by molar-refractivity contribution is -0.147. The number of esters is 1. The number of nitrogens with one attached hydrogen (secondary N) is 2. The van der Waals surface area contributed by atoms with Crippen LogP contribution in [0, 0.1) is 5.82 Å². The van der Waals surface area contributed by atoms with E-state index in [1.807, 2.05) is 0 Å². The molecule has 24 heavy (non-hydrogen) atoms. The van der Waals surface area contributed by atoms with Crippen LogP contribution in [0.3, 0.4) is 0 Å². The number of rotatable bonds is 9. The van der Waals surface area contributed by atoms with Gasteiger partial charge >= 0.3 is 5.97 Å². The van der Waals surface area contributed by atoms with E-state index >= 15 is 0 Å². The van der Waals surface area contributed by atoms with E-state index in [4.69, 9.17) is 9.47 Å². The third kappa shape index (κ3) is 7.68. The van der Waals surface area contributed by atoms with E-state index in [1.165, 1.54) is 19.1 Å². The Morgan fingerprint density at radius 3 is 2.38 bits per heavy atom. The van der Waals surface area contributed by atoms with E-state index in [0.717, 1.165) is 5.56 Å². The van der Waals surface area contributed by atoms with Crippen LogP contribution in [0.5, 0.6) is 0 Å².